The summed E-state index contributed by atoms with van der Waals surface area (Å²) in [6.45, 7) is 6.52. The second kappa shape index (κ2) is 5.57. The minimum Gasteiger partial charge on any atom is -0.311 e. The van der Waals surface area contributed by atoms with Crippen molar-refractivity contribution in [1.82, 2.24) is 10.2 Å². The van der Waals surface area contributed by atoms with Crippen molar-refractivity contribution in [2.45, 2.75) is 57.8 Å². The topological polar surface area (TPSA) is 15.3 Å². The third-order valence-electron chi connectivity index (χ3n) is 3.00. The molecule has 1 aliphatic heterocycles. The number of hydrogen-bond acceptors (Lipinski definition) is 2. The van der Waals surface area contributed by atoms with Gasteiger partial charge in [-0.05, 0) is 40.2 Å². The van der Waals surface area contributed by atoms with Crippen LogP contribution in [0.4, 0.5) is 13.2 Å². The molecule has 1 unspecified atom stereocenters. The highest BCUT2D eigenvalue weighted by Crippen LogP contribution is 2.23. The molecule has 0 aromatic heterocycles. The van der Waals surface area contributed by atoms with Crippen LogP contribution in [-0.2, 0) is 0 Å². The lowest BCUT2D eigenvalue weighted by Gasteiger charge is -2.37. The molecule has 2 nitrogen and oxygen atoms in total. The molecule has 0 bridgehead atoms. The Morgan fingerprint density at radius 1 is 1.18 bits per heavy atom. The average molecular weight is 252 g/mol. The van der Waals surface area contributed by atoms with Gasteiger partial charge >= 0.3 is 6.18 Å². The van der Waals surface area contributed by atoms with E-state index in [4.69, 9.17) is 0 Å². The summed E-state index contributed by atoms with van der Waals surface area (Å²) < 4.78 is 37.3. The molecule has 0 radical (unpaired) electrons. The number of likely N-dealkylation sites (tertiary alicyclic amines) is 1. The molecular formula is C12H23F3N2. The first-order valence-corrected chi connectivity index (χ1v) is 6.23. The third-order valence-corrected chi connectivity index (χ3v) is 3.00. The first-order valence-electron chi connectivity index (χ1n) is 6.23. The highest BCUT2D eigenvalue weighted by Gasteiger charge is 2.35. The van der Waals surface area contributed by atoms with E-state index in [2.05, 4.69) is 5.32 Å². The first-order chi connectivity index (χ1) is 7.67. The lowest BCUT2D eigenvalue weighted by molar-refractivity contribution is -0.153. The van der Waals surface area contributed by atoms with Gasteiger partial charge in [-0.25, -0.2) is 0 Å². The van der Waals surface area contributed by atoms with Gasteiger partial charge in [-0.2, -0.15) is 13.2 Å². The zero-order valence-corrected chi connectivity index (χ0v) is 10.9. The summed E-state index contributed by atoms with van der Waals surface area (Å²) >= 11 is 0. The molecule has 1 saturated heterocycles. The quantitative estimate of drug-likeness (QED) is 0.831. The van der Waals surface area contributed by atoms with Crippen LogP contribution in [0.15, 0.2) is 0 Å². The molecule has 0 saturated carbocycles. The van der Waals surface area contributed by atoms with Gasteiger partial charge in [0.15, 0.2) is 0 Å². The van der Waals surface area contributed by atoms with Crippen LogP contribution in [0.25, 0.3) is 0 Å². The van der Waals surface area contributed by atoms with Gasteiger partial charge in [0.25, 0.3) is 0 Å². The minimum absolute atomic E-state index is 0.0181. The Hall–Kier alpha value is -0.290. The van der Waals surface area contributed by atoms with E-state index in [1.54, 1.807) is 4.90 Å². The fourth-order valence-electron chi connectivity index (χ4n) is 2.15. The van der Waals surface area contributed by atoms with Crippen LogP contribution in [0.5, 0.6) is 0 Å². The molecule has 0 amide bonds. The van der Waals surface area contributed by atoms with Crippen LogP contribution < -0.4 is 5.32 Å². The summed E-state index contributed by atoms with van der Waals surface area (Å²) in [6.07, 6.45) is -1.32. The monoisotopic (exact) mass is 252 g/mol. The highest BCUT2D eigenvalue weighted by molar-refractivity contribution is 4.83. The van der Waals surface area contributed by atoms with Crippen molar-refractivity contribution in [3.05, 3.63) is 0 Å². The van der Waals surface area contributed by atoms with Gasteiger partial charge in [0.1, 0.15) is 0 Å². The van der Waals surface area contributed by atoms with Crippen LogP contribution >= 0.6 is 0 Å². The number of halogens is 3. The molecule has 1 rings (SSSR count). The van der Waals surface area contributed by atoms with Crippen molar-refractivity contribution in [2.75, 3.05) is 19.6 Å². The van der Waals surface area contributed by atoms with Gasteiger partial charge in [0, 0.05) is 18.1 Å². The fourth-order valence-corrected chi connectivity index (χ4v) is 2.15. The zero-order chi connectivity index (χ0) is 13.1. The molecule has 1 aliphatic rings. The van der Waals surface area contributed by atoms with Crippen molar-refractivity contribution in [3.63, 3.8) is 0 Å². The van der Waals surface area contributed by atoms with Crippen LogP contribution in [-0.4, -0.2) is 42.3 Å². The molecule has 1 heterocycles. The third kappa shape index (κ3) is 6.27. The fraction of sp³-hybridized carbons (Fsp3) is 1.00. The summed E-state index contributed by atoms with van der Waals surface area (Å²) in [5.41, 5.74) is -0.0403. The van der Waals surface area contributed by atoms with Crippen molar-refractivity contribution in [2.24, 2.45) is 0 Å². The van der Waals surface area contributed by atoms with Gasteiger partial charge in [-0.15, -0.1) is 0 Å². The maximum atomic E-state index is 12.4. The Kier molecular flexibility index (Phi) is 4.84. The van der Waals surface area contributed by atoms with Crippen molar-refractivity contribution in [3.8, 4) is 0 Å². The van der Waals surface area contributed by atoms with Crippen LogP contribution in [0.1, 0.15) is 40.0 Å². The van der Waals surface area contributed by atoms with Crippen molar-refractivity contribution < 1.29 is 13.2 Å². The number of piperidine rings is 1. The maximum absolute atomic E-state index is 12.4. The van der Waals surface area contributed by atoms with E-state index >= 15 is 0 Å². The van der Waals surface area contributed by atoms with E-state index in [-0.39, 0.29) is 11.6 Å². The van der Waals surface area contributed by atoms with E-state index in [1.807, 2.05) is 20.8 Å². The van der Waals surface area contributed by atoms with Gasteiger partial charge in [-0.1, -0.05) is 6.42 Å². The van der Waals surface area contributed by atoms with Crippen LogP contribution in [0.3, 0.4) is 0 Å². The van der Waals surface area contributed by atoms with Crippen molar-refractivity contribution in [1.29, 1.82) is 0 Å². The summed E-state index contributed by atoms with van der Waals surface area (Å²) in [6, 6.07) is 0.0181. The zero-order valence-electron chi connectivity index (χ0n) is 10.9. The Labute approximate surface area is 102 Å². The van der Waals surface area contributed by atoms with E-state index in [0.29, 0.717) is 13.1 Å². The Bertz CT molecular complexity index is 233. The summed E-state index contributed by atoms with van der Waals surface area (Å²) in [7, 11) is 0. The van der Waals surface area contributed by atoms with Gasteiger partial charge in [0.05, 0.1) is 6.54 Å². The molecule has 17 heavy (non-hydrogen) atoms. The van der Waals surface area contributed by atoms with Crippen molar-refractivity contribution >= 4 is 0 Å². The largest absolute Gasteiger partial charge is 0.401 e. The van der Waals surface area contributed by atoms with Gasteiger partial charge < -0.3 is 5.32 Å². The molecule has 0 spiro atoms. The Morgan fingerprint density at radius 2 is 1.82 bits per heavy atom. The summed E-state index contributed by atoms with van der Waals surface area (Å²) in [5.74, 6) is 0. The lowest BCUT2D eigenvalue weighted by atomic mass is 10.0. The normalized spacial score (nSPS) is 24.0. The number of nitrogens with zero attached hydrogens (tertiary/aromatic N) is 1. The molecule has 5 heteroatoms. The summed E-state index contributed by atoms with van der Waals surface area (Å²) in [5, 5.41) is 3.30. The van der Waals surface area contributed by atoms with Crippen LogP contribution in [0.2, 0.25) is 0 Å². The number of hydrogen-bond donors (Lipinski definition) is 1. The van der Waals surface area contributed by atoms with E-state index in [0.717, 1.165) is 19.3 Å². The molecule has 1 fully saturated rings. The van der Waals surface area contributed by atoms with E-state index in [9.17, 15) is 13.2 Å². The maximum Gasteiger partial charge on any atom is 0.401 e. The van der Waals surface area contributed by atoms with E-state index < -0.39 is 12.7 Å². The smallest absolute Gasteiger partial charge is 0.311 e. The first kappa shape index (κ1) is 14.8. The predicted octanol–water partition coefficient (Wildman–Crippen LogP) is 2.79. The Morgan fingerprint density at radius 3 is 2.35 bits per heavy atom. The SMILES string of the molecule is CC(C)(C)NCC1CCCCN1CC(F)(F)F. The molecule has 1 atom stereocenters. The summed E-state index contributed by atoms with van der Waals surface area (Å²) in [4.78, 5) is 1.57. The van der Waals surface area contributed by atoms with E-state index in [1.165, 1.54) is 0 Å². The number of rotatable bonds is 3. The highest BCUT2D eigenvalue weighted by atomic mass is 19.4. The molecule has 0 aromatic carbocycles. The Balaban J connectivity index is 2.48. The van der Waals surface area contributed by atoms with Crippen LogP contribution in [0, 0.1) is 0 Å². The van der Waals surface area contributed by atoms with Gasteiger partial charge in [-0.3, -0.25) is 4.90 Å². The average Bonchev–Trinajstić information content (AvgIpc) is 2.12. The standard InChI is InChI=1S/C12H23F3N2/c1-11(2,3)16-8-10-6-4-5-7-17(10)9-12(13,14)15/h10,16H,4-9H2,1-3H3. The molecule has 0 aromatic rings. The number of alkyl halides is 3. The molecular weight excluding hydrogens is 229 g/mol. The molecule has 102 valence electrons. The minimum atomic E-state index is -4.09. The second-order valence-corrected chi connectivity index (χ2v) is 5.87. The lowest BCUT2D eigenvalue weighted by Crippen LogP contribution is -2.51. The van der Waals surface area contributed by atoms with Gasteiger partial charge in [0.2, 0.25) is 0 Å². The number of nitrogens with one attached hydrogen (secondary N) is 1. The molecule has 0 aliphatic carbocycles. The molecule has 1 N–H and O–H groups in total. The second-order valence-electron chi connectivity index (χ2n) is 5.87. The predicted molar refractivity (Wildman–Crippen MR) is 63.0 cm³/mol.